The molecule has 118 valence electrons. The molecule has 2 aromatic carbocycles. The molecule has 1 heterocycles. The maximum atomic E-state index is 5.90. The van der Waals surface area contributed by atoms with Crippen LogP contribution in [0.3, 0.4) is 0 Å². The average molecular weight is 328 g/mol. The smallest absolute Gasteiger partial charge is 0.146 e. The molecular formula is C18H18ClN3O. The largest absolute Gasteiger partial charge is 0.494 e. The third kappa shape index (κ3) is 3.71. The van der Waals surface area contributed by atoms with Gasteiger partial charge in [0, 0.05) is 11.9 Å². The highest BCUT2D eigenvalue weighted by molar-refractivity contribution is 6.16. The predicted octanol–water partition coefficient (Wildman–Crippen LogP) is 4.38. The van der Waals surface area contributed by atoms with Crippen molar-refractivity contribution in [3.8, 4) is 5.75 Å². The van der Waals surface area contributed by atoms with E-state index in [9.17, 15) is 0 Å². The number of hydrogen-bond donors (Lipinski definition) is 1. The second-order valence-electron chi connectivity index (χ2n) is 5.07. The van der Waals surface area contributed by atoms with Crippen LogP contribution >= 0.6 is 11.6 Å². The number of hydrogen-bond acceptors (Lipinski definition) is 4. The van der Waals surface area contributed by atoms with Gasteiger partial charge in [0.2, 0.25) is 0 Å². The van der Waals surface area contributed by atoms with Crippen LogP contribution in [0, 0.1) is 0 Å². The van der Waals surface area contributed by atoms with E-state index in [0.717, 1.165) is 28.0 Å². The van der Waals surface area contributed by atoms with Gasteiger partial charge in [0.15, 0.2) is 0 Å². The molecule has 0 bridgehead atoms. The summed E-state index contributed by atoms with van der Waals surface area (Å²) in [5.41, 5.74) is 2.05. The summed E-state index contributed by atoms with van der Waals surface area (Å²) in [6.45, 7) is 3.32. The standard InChI is InChI=1S/C18H18ClN3O/c1-2-23-14-9-7-13(8-10-14)12-20-18-15-5-3-4-6-16(15)21-17(11-19)22-18/h3-10H,2,11-12H2,1H3,(H,20,21,22). The Balaban J connectivity index is 1.80. The second kappa shape index (κ2) is 7.29. The highest BCUT2D eigenvalue weighted by atomic mass is 35.5. The van der Waals surface area contributed by atoms with E-state index in [2.05, 4.69) is 15.3 Å². The van der Waals surface area contributed by atoms with Crippen molar-refractivity contribution in [3.05, 3.63) is 59.9 Å². The molecule has 0 spiro atoms. The van der Waals surface area contributed by atoms with Crippen LogP contribution in [-0.4, -0.2) is 16.6 Å². The summed E-state index contributed by atoms with van der Waals surface area (Å²) in [4.78, 5) is 8.94. The maximum Gasteiger partial charge on any atom is 0.146 e. The minimum Gasteiger partial charge on any atom is -0.494 e. The zero-order chi connectivity index (χ0) is 16.1. The highest BCUT2D eigenvalue weighted by Crippen LogP contribution is 2.21. The molecule has 0 radical (unpaired) electrons. The van der Waals surface area contributed by atoms with Gasteiger partial charge in [-0.1, -0.05) is 24.3 Å². The van der Waals surface area contributed by atoms with Crippen LogP contribution < -0.4 is 10.1 Å². The molecule has 3 rings (SSSR count). The second-order valence-corrected chi connectivity index (χ2v) is 5.34. The van der Waals surface area contributed by atoms with Crippen LogP contribution in [0.25, 0.3) is 10.9 Å². The fourth-order valence-electron chi connectivity index (χ4n) is 2.38. The molecule has 0 amide bonds. The van der Waals surface area contributed by atoms with Crippen molar-refractivity contribution in [2.24, 2.45) is 0 Å². The molecule has 5 heteroatoms. The number of anilines is 1. The number of rotatable bonds is 6. The van der Waals surface area contributed by atoms with Gasteiger partial charge >= 0.3 is 0 Å². The summed E-state index contributed by atoms with van der Waals surface area (Å²) in [5, 5.41) is 4.37. The monoisotopic (exact) mass is 327 g/mol. The first-order valence-corrected chi connectivity index (χ1v) is 8.11. The third-order valence-corrected chi connectivity index (χ3v) is 3.70. The van der Waals surface area contributed by atoms with E-state index < -0.39 is 0 Å². The summed E-state index contributed by atoms with van der Waals surface area (Å²) in [6, 6.07) is 16.0. The van der Waals surface area contributed by atoms with Crippen LogP contribution in [0.2, 0.25) is 0 Å². The van der Waals surface area contributed by atoms with Crippen molar-refractivity contribution in [1.82, 2.24) is 9.97 Å². The highest BCUT2D eigenvalue weighted by Gasteiger charge is 2.06. The Labute approximate surface area is 140 Å². The third-order valence-electron chi connectivity index (χ3n) is 3.46. The summed E-state index contributed by atoms with van der Waals surface area (Å²) in [6.07, 6.45) is 0. The van der Waals surface area contributed by atoms with Gasteiger partial charge in [0.05, 0.1) is 18.0 Å². The molecule has 1 N–H and O–H groups in total. The number of benzene rings is 2. The van der Waals surface area contributed by atoms with Gasteiger partial charge in [-0.25, -0.2) is 9.97 Å². The number of ether oxygens (including phenoxy) is 1. The lowest BCUT2D eigenvalue weighted by Gasteiger charge is -2.10. The first-order chi connectivity index (χ1) is 11.3. The first kappa shape index (κ1) is 15.6. The lowest BCUT2D eigenvalue weighted by molar-refractivity contribution is 0.340. The van der Waals surface area contributed by atoms with Crippen LogP contribution in [-0.2, 0) is 12.4 Å². The minimum atomic E-state index is 0.294. The topological polar surface area (TPSA) is 47.0 Å². The first-order valence-electron chi connectivity index (χ1n) is 7.57. The Kier molecular flexibility index (Phi) is 4.93. The Bertz CT molecular complexity index is 790. The van der Waals surface area contributed by atoms with E-state index in [1.807, 2.05) is 55.5 Å². The molecule has 0 saturated carbocycles. The van der Waals surface area contributed by atoms with E-state index in [1.54, 1.807) is 0 Å². The van der Waals surface area contributed by atoms with Crippen molar-refractivity contribution in [2.75, 3.05) is 11.9 Å². The normalized spacial score (nSPS) is 10.7. The van der Waals surface area contributed by atoms with E-state index in [-0.39, 0.29) is 0 Å². The zero-order valence-corrected chi connectivity index (χ0v) is 13.7. The number of nitrogens with one attached hydrogen (secondary N) is 1. The van der Waals surface area contributed by atoms with Crippen molar-refractivity contribution >= 4 is 28.3 Å². The molecule has 3 aromatic rings. The number of halogens is 1. The fraction of sp³-hybridized carbons (Fsp3) is 0.222. The van der Waals surface area contributed by atoms with Crippen molar-refractivity contribution < 1.29 is 4.74 Å². The lowest BCUT2D eigenvalue weighted by atomic mass is 10.2. The van der Waals surface area contributed by atoms with E-state index in [4.69, 9.17) is 16.3 Å². The molecule has 1 aromatic heterocycles. The van der Waals surface area contributed by atoms with Gasteiger partial charge in [-0.15, -0.1) is 11.6 Å². The number of aromatic nitrogens is 2. The van der Waals surface area contributed by atoms with Gasteiger partial charge < -0.3 is 10.1 Å². The summed E-state index contributed by atoms with van der Waals surface area (Å²) < 4.78 is 5.46. The van der Waals surface area contributed by atoms with Crippen LogP contribution in [0.15, 0.2) is 48.5 Å². The van der Waals surface area contributed by atoms with Crippen LogP contribution in [0.1, 0.15) is 18.3 Å². The fourth-order valence-corrected chi connectivity index (χ4v) is 2.49. The number of alkyl halides is 1. The molecule has 0 fully saturated rings. The van der Waals surface area contributed by atoms with E-state index in [0.29, 0.717) is 24.9 Å². The Morgan fingerprint density at radius 2 is 1.83 bits per heavy atom. The number of fused-ring (bicyclic) bond motifs is 1. The van der Waals surface area contributed by atoms with Crippen LogP contribution in [0.4, 0.5) is 5.82 Å². The molecule has 23 heavy (non-hydrogen) atoms. The Morgan fingerprint density at radius 3 is 2.57 bits per heavy atom. The SMILES string of the molecule is CCOc1ccc(CNc2nc(CCl)nc3ccccc23)cc1. The van der Waals surface area contributed by atoms with Gasteiger partial charge in [-0.3, -0.25) is 0 Å². The number of nitrogens with zero attached hydrogens (tertiary/aromatic N) is 2. The Hall–Kier alpha value is -2.33. The molecule has 0 aliphatic heterocycles. The minimum absolute atomic E-state index is 0.294. The molecule has 0 saturated heterocycles. The molecule has 4 nitrogen and oxygen atoms in total. The number of para-hydroxylation sites is 1. The molecule has 0 aliphatic carbocycles. The van der Waals surface area contributed by atoms with Gasteiger partial charge in [-0.2, -0.15) is 0 Å². The van der Waals surface area contributed by atoms with Crippen LogP contribution in [0.5, 0.6) is 5.75 Å². The summed E-state index contributed by atoms with van der Waals surface area (Å²) in [7, 11) is 0. The molecule has 0 unspecified atom stereocenters. The summed E-state index contributed by atoms with van der Waals surface area (Å²) in [5.74, 6) is 2.61. The predicted molar refractivity (Wildman–Crippen MR) is 94.0 cm³/mol. The molecule has 0 aliphatic rings. The van der Waals surface area contributed by atoms with E-state index in [1.165, 1.54) is 0 Å². The quantitative estimate of drug-likeness (QED) is 0.682. The maximum absolute atomic E-state index is 5.90. The van der Waals surface area contributed by atoms with Crippen molar-refractivity contribution in [1.29, 1.82) is 0 Å². The average Bonchev–Trinajstić information content (AvgIpc) is 2.61. The lowest BCUT2D eigenvalue weighted by Crippen LogP contribution is -2.05. The summed E-state index contributed by atoms with van der Waals surface area (Å²) >= 11 is 5.90. The molecular weight excluding hydrogens is 310 g/mol. The van der Waals surface area contributed by atoms with E-state index >= 15 is 0 Å². The van der Waals surface area contributed by atoms with Gasteiger partial charge in [0.1, 0.15) is 17.4 Å². The zero-order valence-electron chi connectivity index (χ0n) is 12.9. The van der Waals surface area contributed by atoms with Crippen molar-refractivity contribution in [3.63, 3.8) is 0 Å². The van der Waals surface area contributed by atoms with Gasteiger partial charge in [0.25, 0.3) is 0 Å². The van der Waals surface area contributed by atoms with Crippen molar-refractivity contribution in [2.45, 2.75) is 19.3 Å². The van der Waals surface area contributed by atoms with Gasteiger partial charge in [-0.05, 0) is 36.8 Å². The molecule has 0 atom stereocenters. The Morgan fingerprint density at radius 1 is 1.04 bits per heavy atom.